The molecule has 1 atom stereocenters. The van der Waals surface area contributed by atoms with Crippen LogP contribution in [0.3, 0.4) is 0 Å². The Morgan fingerprint density at radius 2 is 1.81 bits per heavy atom. The number of hydrogen-bond donors (Lipinski definition) is 1. The van der Waals surface area contributed by atoms with E-state index in [2.05, 4.69) is 15.5 Å². The number of nitrogens with one attached hydrogen (secondary N) is 1. The van der Waals surface area contributed by atoms with Gasteiger partial charge in [-0.15, -0.1) is 22.0 Å². The van der Waals surface area contributed by atoms with Gasteiger partial charge in [-0.1, -0.05) is 0 Å². The van der Waals surface area contributed by atoms with Crippen LogP contribution in [0.2, 0.25) is 0 Å². The first-order valence-corrected chi connectivity index (χ1v) is 8.93. The summed E-state index contributed by atoms with van der Waals surface area (Å²) in [5, 5.41) is 21.4. The Balaban J connectivity index is 1.68. The van der Waals surface area contributed by atoms with E-state index < -0.39 is 4.92 Å². The minimum Gasteiger partial charge on any atom is -0.419 e. The molecule has 1 amide bonds. The summed E-state index contributed by atoms with van der Waals surface area (Å²) in [4.78, 5) is 22.3. The van der Waals surface area contributed by atoms with Gasteiger partial charge in [0.15, 0.2) is 0 Å². The van der Waals surface area contributed by atoms with Crippen molar-refractivity contribution in [2.45, 2.75) is 24.0 Å². The van der Waals surface area contributed by atoms with Gasteiger partial charge in [0.05, 0.1) is 10.2 Å². The van der Waals surface area contributed by atoms with Crippen LogP contribution in [0.4, 0.5) is 11.4 Å². The third kappa shape index (κ3) is 4.70. The molecule has 3 rings (SSSR count). The summed E-state index contributed by atoms with van der Waals surface area (Å²) in [6, 6.07) is 13.4. The summed E-state index contributed by atoms with van der Waals surface area (Å²) >= 11 is 1.54. The average molecular weight is 384 g/mol. The van der Waals surface area contributed by atoms with Crippen LogP contribution in [-0.4, -0.2) is 21.0 Å². The Morgan fingerprint density at radius 3 is 2.41 bits per heavy atom. The maximum Gasteiger partial charge on any atom is 0.269 e. The number of amides is 1. The van der Waals surface area contributed by atoms with E-state index >= 15 is 0 Å². The van der Waals surface area contributed by atoms with E-state index in [1.165, 1.54) is 19.1 Å². The van der Waals surface area contributed by atoms with Gasteiger partial charge >= 0.3 is 0 Å². The summed E-state index contributed by atoms with van der Waals surface area (Å²) in [6.45, 7) is 3.41. The van der Waals surface area contributed by atoms with Crippen molar-refractivity contribution in [3.8, 4) is 11.5 Å². The number of non-ortho nitro benzene ring substituents is 1. The number of carbonyl (C=O) groups is 1. The first-order valence-electron chi connectivity index (χ1n) is 8.05. The van der Waals surface area contributed by atoms with Gasteiger partial charge in [0, 0.05) is 35.2 Å². The topological polar surface area (TPSA) is 111 Å². The molecule has 1 heterocycles. The molecule has 0 radical (unpaired) electrons. The molecular weight excluding hydrogens is 368 g/mol. The van der Waals surface area contributed by atoms with Crippen LogP contribution in [0, 0.1) is 10.1 Å². The molecule has 0 fully saturated rings. The molecule has 1 N–H and O–H groups in total. The lowest BCUT2D eigenvalue weighted by Crippen LogP contribution is -2.05. The molecule has 0 spiro atoms. The Hall–Kier alpha value is -3.20. The van der Waals surface area contributed by atoms with Crippen molar-refractivity contribution < 1.29 is 14.1 Å². The monoisotopic (exact) mass is 384 g/mol. The zero-order chi connectivity index (χ0) is 19.4. The second-order valence-electron chi connectivity index (χ2n) is 5.72. The third-order valence-corrected chi connectivity index (χ3v) is 4.70. The Morgan fingerprint density at radius 1 is 1.15 bits per heavy atom. The zero-order valence-electron chi connectivity index (χ0n) is 14.6. The van der Waals surface area contributed by atoms with Crippen molar-refractivity contribution in [1.29, 1.82) is 0 Å². The molecule has 138 valence electrons. The molecule has 27 heavy (non-hydrogen) atoms. The fourth-order valence-corrected chi connectivity index (χ4v) is 3.21. The fourth-order valence-electron chi connectivity index (χ4n) is 2.32. The predicted molar refractivity (Wildman–Crippen MR) is 101 cm³/mol. The van der Waals surface area contributed by atoms with Gasteiger partial charge in [0.2, 0.25) is 17.7 Å². The summed E-state index contributed by atoms with van der Waals surface area (Å²) in [5.74, 6) is 0.654. The number of aromatic nitrogens is 2. The number of nitrogens with zero attached hydrogens (tertiary/aromatic N) is 3. The lowest BCUT2D eigenvalue weighted by molar-refractivity contribution is -0.384. The van der Waals surface area contributed by atoms with E-state index in [4.69, 9.17) is 4.42 Å². The van der Waals surface area contributed by atoms with Gasteiger partial charge in [0.25, 0.3) is 5.69 Å². The molecule has 8 nitrogen and oxygen atoms in total. The number of rotatable bonds is 6. The number of hydrogen-bond acceptors (Lipinski definition) is 7. The molecule has 0 saturated carbocycles. The quantitative estimate of drug-likeness (QED) is 0.379. The number of benzene rings is 2. The van der Waals surface area contributed by atoms with Crippen LogP contribution >= 0.6 is 11.8 Å². The standard InChI is InChI=1S/C18H16N4O4S/c1-11(27-16-9-5-14(6-10-16)19-12(2)23)17-20-21-18(26-17)13-3-7-15(8-4-13)22(24)25/h3-11H,1-2H3,(H,19,23)/t11-/m1/s1. The second kappa shape index (κ2) is 8.00. The molecule has 0 bridgehead atoms. The zero-order valence-corrected chi connectivity index (χ0v) is 15.4. The second-order valence-corrected chi connectivity index (χ2v) is 7.13. The maximum absolute atomic E-state index is 11.1. The molecule has 0 unspecified atom stereocenters. The van der Waals surface area contributed by atoms with Crippen LogP contribution in [-0.2, 0) is 4.79 Å². The summed E-state index contributed by atoms with van der Waals surface area (Å²) in [7, 11) is 0. The first-order chi connectivity index (χ1) is 12.9. The summed E-state index contributed by atoms with van der Waals surface area (Å²) in [5.41, 5.74) is 1.36. The highest BCUT2D eigenvalue weighted by Gasteiger charge is 2.17. The van der Waals surface area contributed by atoms with Crippen LogP contribution in [0.25, 0.3) is 11.5 Å². The van der Waals surface area contributed by atoms with E-state index in [0.717, 1.165) is 10.6 Å². The van der Waals surface area contributed by atoms with Crippen molar-refractivity contribution in [1.82, 2.24) is 10.2 Å². The molecule has 2 aromatic carbocycles. The number of carbonyl (C=O) groups excluding carboxylic acids is 1. The van der Waals surface area contributed by atoms with E-state index in [9.17, 15) is 14.9 Å². The molecule has 0 aliphatic carbocycles. The SMILES string of the molecule is CC(=O)Nc1ccc(S[C@H](C)c2nnc(-c3ccc([N+](=O)[O-])cc3)o2)cc1. The molecule has 3 aromatic rings. The molecule has 1 aromatic heterocycles. The van der Waals surface area contributed by atoms with Crippen molar-refractivity contribution in [2.75, 3.05) is 5.32 Å². The van der Waals surface area contributed by atoms with E-state index in [0.29, 0.717) is 17.3 Å². The highest BCUT2D eigenvalue weighted by atomic mass is 32.2. The molecule has 0 aliphatic rings. The molecule has 9 heteroatoms. The van der Waals surface area contributed by atoms with Gasteiger partial charge in [-0.3, -0.25) is 14.9 Å². The van der Waals surface area contributed by atoms with Crippen molar-refractivity contribution in [2.24, 2.45) is 0 Å². The lowest BCUT2D eigenvalue weighted by atomic mass is 10.2. The van der Waals surface area contributed by atoms with E-state index in [1.54, 1.807) is 23.9 Å². The highest BCUT2D eigenvalue weighted by Crippen LogP contribution is 2.35. The van der Waals surface area contributed by atoms with E-state index in [-0.39, 0.29) is 16.8 Å². The smallest absolute Gasteiger partial charge is 0.269 e. The van der Waals surface area contributed by atoms with Gasteiger partial charge in [-0.25, -0.2) is 0 Å². The van der Waals surface area contributed by atoms with Gasteiger partial charge in [0.1, 0.15) is 0 Å². The highest BCUT2D eigenvalue weighted by molar-refractivity contribution is 7.99. The molecule has 0 aliphatic heterocycles. The van der Waals surface area contributed by atoms with Crippen LogP contribution < -0.4 is 5.32 Å². The predicted octanol–water partition coefficient (Wildman–Crippen LogP) is 4.46. The van der Waals surface area contributed by atoms with Crippen LogP contribution in [0.5, 0.6) is 0 Å². The largest absolute Gasteiger partial charge is 0.419 e. The normalized spacial score (nSPS) is 11.8. The van der Waals surface area contributed by atoms with Crippen molar-refractivity contribution >= 4 is 29.0 Å². The van der Waals surface area contributed by atoms with Gasteiger partial charge < -0.3 is 9.73 Å². The minimum absolute atomic E-state index is 0.00474. The molecular formula is C18H16N4O4S. The number of nitro groups is 1. The Bertz CT molecular complexity index is 954. The van der Waals surface area contributed by atoms with Crippen molar-refractivity contribution in [3.63, 3.8) is 0 Å². The maximum atomic E-state index is 11.1. The number of thioether (sulfide) groups is 1. The fraction of sp³-hybridized carbons (Fsp3) is 0.167. The van der Waals surface area contributed by atoms with Crippen molar-refractivity contribution in [3.05, 3.63) is 64.5 Å². The summed E-state index contributed by atoms with van der Waals surface area (Å²) < 4.78 is 5.71. The van der Waals surface area contributed by atoms with Gasteiger partial charge in [-0.2, -0.15) is 0 Å². The van der Waals surface area contributed by atoms with Crippen LogP contribution in [0.15, 0.2) is 57.8 Å². The minimum atomic E-state index is -0.459. The number of nitro benzene ring substituents is 1. The Kier molecular flexibility index (Phi) is 5.51. The van der Waals surface area contributed by atoms with Gasteiger partial charge in [-0.05, 0) is 43.3 Å². The van der Waals surface area contributed by atoms with Crippen LogP contribution in [0.1, 0.15) is 25.0 Å². The number of anilines is 1. The Labute approximate surface area is 159 Å². The molecule has 0 saturated heterocycles. The van der Waals surface area contributed by atoms with E-state index in [1.807, 2.05) is 31.2 Å². The summed E-state index contributed by atoms with van der Waals surface area (Å²) in [6.07, 6.45) is 0. The average Bonchev–Trinajstić information content (AvgIpc) is 3.13. The third-order valence-electron chi connectivity index (χ3n) is 3.60. The first kappa shape index (κ1) is 18.6. The lowest BCUT2D eigenvalue weighted by Gasteiger charge is -2.08.